The average Bonchev–Trinajstić information content (AvgIpc) is 3.21. The first-order valence-electron chi connectivity index (χ1n) is 8.46. The minimum absolute atomic E-state index is 0.0687. The number of hydrogen-bond donors (Lipinski definition) is 0. The smallest absolute Gasteiger partial charge is 0.365 e. The Bertz CT molecular complexity index is 932. The number of thioether (sulfide) groups is 2. The lowest BCUT2D eigenvalue weighted by molar-refractivity contribution is -0.384. The van der Waals surface area contributed by atoms with Crippen LogP contribution in [-0.2, 0) is 19.1 Å². The molecule has 0 saturated heterocycles. The molecule has 2 aliphatic heterocycles. The van der Waals surface area contributed by atoms with Crippen LogP contribution < -0.4 is 5.01 Å². The number of nitrogens with zero attached hydrogens (tertiary/aromatic N) is 4. The van der Waals surface area contributed by atoms with Crippen LogP contribution in [-0.4, -0.2) is 51.9 Å². The van der Waals surface area contributed by atoms with Crippen LogP contribution in [0, 0.1) is 10.1 Å². The Kier molecular flexibility index (Phi) is 5.75. The Labute approximate surface area is 175 Å². The minimum Gasteiger partial charge on any atom is -0.464 e. The Balaban J connectivity index is 2.04. The van der Waals surface area contributed by atoms with Gasteiger partial charge in [-0.3, -0.25) is 10.1 Å². The molecule has 10 nitrogen and oxygen atoms in total. The molecule has 12 heteroatoms. The number of non-ortho nitro benzene ring substituents is 1. The van der Waals surface area contributed by atoms with E-state index < -0.39 is 21.2 Å². The average molecular weight is 438 g/mol. The predicted octanol–water partition coefficient (Wildman–Crippen LogP) is 2.72. The number of allylic oxidation sites excluding steroid dienone is 1. The lowest BCUT2D eigenvalue weighted by atomic mass is 10.3. The molecule has 154 valence electrons. The summed E-state index contributed by atoms with van der Waals surface area (Å²) in [6.07, 6.45) is 0. The molecule has 0 saturated carbocycles. The van der Waals surface area contributed by atoms with E-state index in [0.717, 1.165) is 11.8 Å². The standard InChI is InChI=1S/C17H18N4O6S2/c1-5-27-15(22)13-10(2)19(3)17(28-13)20(18-14(29-17)16(23)26-4)11-6-8-12(9-7-11)21(24)25/h6-9H,5H2,1-4H3. The molecule has 2 aliphatic rings. The third kappa shape index (κ3) is 3.53. The van der Waals surface area contributed by atoms with Crippen molar-refractivity contribution in [3.05, 3.63) is 45.0 Å². The summed E-state index contributed by atoms with van der Waals surface area (Å²) in [5.74, 6) is -1.08. The molecule has 29 heavy (non-hydrogen) atoms. The number of benzene rings is 1. The van der Waals surface area contributed by atoms with Crippen molar-refractivity contribution in [3.63, 3.8) is 0 Å². The van der Waals surface area contributed by atoms with E-state index in [1.165, 1.54) is 43.1 Å². The zero-order valence-electron chi connectivity index (χ0n) is 16.1. The number of carbonyl (C=O) groups excluding carboxylic acids is 2. The van der Waals surface area contributed by atoms with Crippen molar-refractivity contribution in [3.8, 4) is 0 Å². The van der Waals surface area contributed by atoms with Crippen molar-refractivity contribution >= 4 is 51.9 Å². The third-order valence-corrected chi connectivity index (χ3v) is 7.34. The molecular weight excluding hydrogens is 420 g/mol. The van der Waals surface area contributed by atoms with E-state index in [-0.39, 0.29) is 17.3 Å². The highest BCUT2D eigenvalue weighted by Crippen LogP contribution is 2.58. The molecule has 1 spiro atoms. The lowest BCUT2D eigenvalue weighted by Crippen LogP contribution is -2.47. The van der Waals surface area contributed by atoms with Crippen LogP contribution in [0.25, 0.3) is 0 Å². The van der Waals surface area contributed by atoms with Crippen LogP contribution in [0.4, 0.5) is 11.4 Å². The normalized spacial score (nSPS) is 20.9. The van der Waals surface area contributed by atoms with Gasteiger partial charge in [0.2, 0.25) is 9.37 Å². The van der Waals surface area contributed by atoms with Gasteiger partial charge in [-0.1, -0.05) is 11.8 Å². The molecule has 3 rings (SSSR count). The second-order valence-corrected chi connectivity index (χ2v) is 8.53. The van der Waals surface area contributed by atoms with Gasteiger partial charge in [0, 0.05) is 24.9 Å². The van der Waals surface area contributed by atoms with Gasteiger partial charge >= 0.3 is 11.9 Å². The van der Waals surface area contributed by atoms with Crippen LogP contribution in [0.3, 0.4) is 0 Å². The quantitative estimate of drug-likeness (QED) is 0.386. The third-order valence-electron chi connectivity index (χ3n) is 4.30. The van der Waals surface area contributed by atoms with E-state index in [0.29, 0.717) is 16.3 Å². The molecule has 0 aliphatic carbocycles. The highest BCUT2D eigenvalue weighted by Gasteiger charge is 2.56. The van der Waals surface area contributed by atoms with E-state index in [9.17, 15) is 19.7 Å². The van der Waals surface area contributed by atoms with E-state index in [1.54, 1.807) is 25.9 Å². The number of ether oxygens (including phenoxy) is 2. The van der Waals surface area contributed by atoms with Crippen LogP contribution in [0.5, 0.6) is 0 Å². The summed E-state index contributed by atoms with van der Waals surface area (Å²) in [6, 6.07) is 5.78. The predicted molar refractivity (Wildman–Crippen MR) is 110 cm³/mol. The first-order valence-corrected chi connectivity index (χ1v) is 10.1. The van der Waals surface area contributed by atoms with Crippen LogP contribution >= 0.6 is 23.5 Å². The lowest BCUT2D eigenvalue weighted by Gasteiger charge is -2.39. The highest BCUT2D eigenvalue weighted by atomic mass is 32.2. The van der Waals surface area contributed by atoms with Gasteiger partial charge in [-0.05, 0) is 37.7 Å². The number of hydrogen-bond acceptors (Lipinski definition) is 11. The number of esters is 2. The molecule has 0 fully saturated rings. The number of anilines is 1. The van der Waals surface area contributed by atoms with Gasteiger partial charge in [-0.2, -0.15) is 5.10 Å². The summed E-state index contributed by atoms with van der Waals surface area (Å²) in [4.78, 5) is 37.3. The van der Waals surface area contributed by atoms with Gasteiger partial charge in [-0.15, -0.1) is 0 Å². The summed E-state index contributed by atoms with van der Waals surface area (Å²) in [5, 5.41) is 17.0. The van der Waals surface area contributed by atoms with Gasteiger partial charge in [0.1, 0.15) is 4.91 Å². The summed E-state index contributed by atoms with van der Waals surface area (Å²) >= 11 is 2.32. The van der Waals surface area contributed by atoms with Crippen molar-refractivity contribution < 1.29 is 24.0 Å². The molecule has 0 radical (unpaired) electrons. The molecule has 0 aromatic heterocycles. The van der Waals surface area contributed by atoms with Crippen LogP contribution in [0.1, 0.15) is 13.8 Å². The van der Waals surface area contributed by atoms with E-state index in [2.05, 4.69) is 5.10 Å². The fraction of sp³-hybridized carbons (Fsp3) is 0.353. The topological polar surface area (TPSA) is 115 Å². The number of methoxy groups -OCH3 is 1. The van der Waals surface area contributed by atoms with Gasteiger partial charge in [-0.25, -0.2) is 14.6 Å². The number of nitro groups is 1. The second-order valence-electron chi connectivity index (χ2n) is 5.93. The maximum absolute atomic E-state index is 12.4. The maximum atomic E-state index is 12.4. The Morgan fingerprint density at radius 3 is 2.45 bits per heavy atom. The van der Waals surface area contributed by atoms with Crippen molar-refractivity contribution in [1.29, 1.82) is 0 Å². The summed E-state index contributed by atoms with van der Waals surface area (Å²) in [7, 11) is 3.03. The number of rotatable bonds is 5. The van der Waals surface area contributed by atoms with Crippen LogP contribution in [0.15, 0.2) is 40.0 Å². The summed E-state index contributed by atoms with van der Waals surface area (Å²) in [5.41, 5.74) is 1.11. The fourth-order valence-corrected chi connectivity index (χ4v) is 5.65. The summed E-state index contributed by atoms with van der Waals surface area (Å²) in [6.45, 7) is 3.73. The van der Waals surface area contributed by atoms with Crippen molar-refractivity contribution in [2.24, 2.45) is 5.10 Å². The Morgan fingerprint density at radius 2 is 1.90 bits per heavy atom. The first-order chi connectivity index (χ1) is 13.7. The van der Waals surface area contributed by atoms with Gasteiger partial charge in [0.25, 0.3) is 5.69 Å². The van der Waals surface area contributed by atoms with E-state index in [4.69, 9.17) is 9.47 Å². The van der Waals surface area contributed by atoms with Crippen molar-refractivity contribution in [2.75, 3.05) is 25.8 Å². The Hall–Kier alpha value is -2.73. The van der Waals surface area contributed by atoms with Crippen LogP contribution in [0.2, 0.25) is 0 Å². The molecule has 1 atom stereocenters. The second kappa shape index (κ2) is 7.95. The van der Waals surface area contributed by atoms with Crippen molar-refractivity contribution in [1.82, 2.24) is 4.90 Å². The molecule has 1 aromatic carbocycles. The molecule has 0 amide bonds. The van der Waals surface area contributed by atoms with E-state index in [1.807, 2.05) is 4.90 Å². The largest absolute Gasteiger partial charge is 0.464 e. The minimum atomic E-state index is -1.02. The Morgan fingerprint density at radius 1 is 1.24 bits per heavy atom. The van der Waals surface area contributed by atoms with Crippen molar-refractivity contribution in [2.45, 2.75) is 18.2 Å². The van der Waals surface area contributed by atoms with Gasteiger partial charge < -0.3 is 14.4 Å². The fourth-order valence-electron chi connectivity index (χ4n) is 2.75. The maximum Gasteiger partial charge on any atom is 0.365 e. The monoisotopic (exact) mass is 438 g/mol. The number of carbonyl (C=O) groups is 2. The molecular formula is C17H18N4O6S2. The molecule has 0 N–H and O–H groups in total. The van der Waals surface area contributed by atoms with E-state index >= 15 is 0 Å². The first kappa shape index (κ1) is 21.0. The van der Waals surface area contributed by atoms with Gasteiger partial charge in [0.05, 0.1) is 24.3 Å². The number of hydrazone groups is 1. The molecule has 0 bridgehead atoms. The zero-order chi connectivity index (χ0) is 21.3. The number of nitro benzene ring substituents is 1. The van der Waals surface area contributed by atoms with Gasteiger partial charge in [0.15, 0.2) is 0 Å². The highest BCUT2D eigenvalue weighted by molar-refractivity contribution is 8.28. The molecule has 1 unspecified atom stereocenters. The zero-order valence-corrected chi connectivity index (χ0v) is 17.7. The summed E-state index contributed by atoms with van der Waals surface area (Å²) < 4.78 is 8.93. The molecule has 2 heterocycles. The molecule has 1 aromatic rings. The SMILES string of the molecule is CCOC(=O)C1=C(C)N(C)C2(SC(C(=O)OC)=NN2c2ccc([N+](=O)[O-])cc2)S1.